The van der Waals surface area contributed by atoms with Crippen LogP contribution in [-0.2, 0) is 0 Å². The minimum Gasteiger partial charge on any atom is -0.315 e. The van der Waals surface area contributed by atoms with Gasteiger partial charge in [0, 0.05) is 25.2 Å². The Bertz CT molecular complexity index is 176. The molecule has 0 aromatic carbocycles. The van der Waals surface area contributed by atoms with Crippen LogP contribution in [0.2, 0.25) is 0 Å². The molecule has 0 spiro atoms. The van der Waals surface area contributed by atoms with Crippen molar-refractivity contribution in [3.8, 4) is 0 Å². The van der Waals surface area contributed by atoms with Crippen LogP contribution in [0.5, 0.6) is 0 Å². The summed E-state index contributed by atoms with van der Waals surface area (Å²) in [5.41, 5.74) is 0. The van der Waals surface area contributed by atoms with Gasteiger partial charge in [-0.1, -0.05) is 27.2 Å². The normalized spacial score (nSPS) is 18.4. The third kappa shape index (κ3) is 5.31. The zero-order valence-electron chi connectivity index (χ0n) is 11.6. The first-order valence-electron chi connectivity index (χ1n) is 7.11. The summed E-state index contributed by atoms with van der Waals surface area (Å²) in [6.45, 7) is 12.9. The van der Waals surface area contributed by atoms with Crippen molar-refractivity contribution in [3.05, 3.63) is 0 Å². The van der Waals surface area contributed by atoms with Crippen molar-refractivity contribution < 1.29 is 0 Å². The van der Waals surface area contributed by atoms with Crippen LogP contribution in [0.1, 0.15) is 53.4 Å². The molecule has 1 N–H and O–H groups in total. The van der Waals surface area contributed by atoms with E-state index in [1.807, 2.05) is 0 Å². The van der Waals surface area contributed by atoms with Crippen LogP contribution in [0, 0.1) is 5.92 Å². The quantitative estimate of drug-likeness (QED) is 0.608. The zero-order valence-corrected chi connectivity index (χ0v) is 11.6. The molecule has 1 rings (SSSR count). The van der Waals surface area contributed by atoms with E-state index in [1.54, 1.807) is 0 Å². The Morgan fingerprint density at radius 2 is 1.94 bits per heavy atom. The Hall–Kier alpha value is -0.0800. The molecule has 0 radical (unpaired) electrons. The summed E-state index contributed by atoms with van der Waals surface area (Å²) in [6, 6.07) is 1.59. The Morgan fingerprint density at radius 3 is 2.44 bits per heavy atom. The molecule has 0 aromatic heterocycles. The maximum atomic E-state index is 3.58. The molecule has 0 bridgehead atoms. The molecule has 0 heterocycles. The maximum absolute atomic E-state index is 3.58. The average Bonchev–Trinajstić information content (AvgIpc) is 3.04. The van der Waals surface area contributed by atoms with Crippen molar-refractivity contribution in [2.75, 3.05) is 19.6 Å². The van der Waals surface area contributed by atoms with Gasteiger partial charge in [-0.3, -0.25) is 4.90 Å². The number of unbranched alkanes of at least 4 members (excludes halogenated alkanes) is 1. The van der Waals surface area contributed by atoms with E-state index in [1.165, 1.54) is 38.8 Å². The Kier molecular flexibility index (Phi) is 6.37. The first-order valence-corrected chi connectivity index (χ1v) is 7.11. The summed E-state index contributed by atoms with van der Waals surface area (Å²) < 4.78 is 0. The molecule has 1 atom stereocenters. The van der Waals surface area contributed by atoms with Gasteiger partial charge in [0.2, 0.25) is 0 Å². The summed E-state index contributed by atoms with van der Waals surface area (Å²) in [7, 11) is 0. The minimum absolute atomic E-state index is 0.701. The van der Waals surface area contributed by atoms with E-state index in [0.717, 1.165) is 18.5 Å². The van der Waals surface area contributed by atoms with Crippen LogP contribution in [0.3, 0.4) is 0 Å². The van der Waals surface area contributed by atoms with Gasteiger partial charge in [-0.25, -0.2) is 0 Å². The van der Waals surface area contributed by atoms with Crippen LogP contribution in [0.25, 0.3) is 0 Å². The molecule has 2 nitrogen and oxygen atoms in total. The lowest BCUT2D eigenvalue weighted by molar-refractivity contribution is 0.173. The molecule has 16 heavy (non-hydrogen) atoms. The SMILES string of the molecule is CCCCNCC(C)N(CC(C)C)C1CC1. The number of hydrogen-bond acceptors (Lipinski definition) is 2. The van der Waals surface area contributed by atoms with Gasteiger partial charge in [0.05, 0.1) is 0 Å². The highest BCUT2D eigenvalue weighted by Gasteiger charge is 2.31. The van der Waals surface area contributed by atoms with E-state index in [9.17, 15) is 0 Å². The van der Waals surface area contributed by atoms with Gasteiger partial charge in [0.25, 0.3) is 0 Å². The molecular formula is C14H30N2. The van der Waals surface area contributed by atoms with Crippen LogP contribution in [0.4, 0.5) is 0 Å². The lowest BCUT2D eigenvalue weighted by Crippen LogP contribution is -2.43. The zero-order chi connectivity index (χ0) is 12.0. The lowest BCUT2D eigenvalue weighted by Gasteiger charge is -2.31. The largest absolute Gasteiger partial charge is 0.315 e. The average molecular weight is 226 g/mol. The highest BCUT2D eigenvalue weighted by Crippen LogP contribution is 2.29. The van der Waals surface area contributed by atoms with Gasteiger partial charge in [-0.2, -0.15) is 0 Å². The van der Waals surface area contributed by atoms with Crippen LogP contribution >= 0.6 is 0 Å². The van der Waals surface area contributed by atoms with Crippen molar-refractivity contribution in [1.82, 2.24) is 10.2 Å². The maximum Gasteiger partial charge on any atom is 0.0195 e. The third-order valence-corrected chi connectivity index (χ3v) is 3.30. The second-order valence-electron chi connectivity index (χ2n) is 5.73. The minimum atomic E-state index is 0.701. The molecular weight excluding hydrogens is 196 g/mol. The van der Waals surface area contributed by atoms with Gasteiger partial charge >= 0.3 is 0 Å². The van der Waals surface area contributed by atoms with Crippen LogP contribution in [-0.4, -0.2) is 36.6 Å². The van der Waals surface area contributed by atoms with Crippen LogP contribution in [0.15, 0.2) is 0 Å². The summed E-state index contributed by atoms with van der Waals surface area (Å²) >= 11 is 0. The summed E-state index contributed by atoms with van der Waals surface area (Å²) in [5, 5.41) is 3.58. The number of rotatable bonds is 9. The number of hydrogen-bond donors (Lipinski definition) is 1. The number of nitrogens with zero attached hydrogens (tertiary/aromatic N) is 1. The molecule has 1 unspecified atom stereocenters. The monoisotopic (exact) mass is 226 g/mol. The third-order valence-electron chi connectivity index (χ3n) is 3.30. The first-order chi connectivity index (χ1) is 7.65. The number of nitrogens with one attached hydrogen (secondary N) is 1. The van der Waals surface area contributed by atoms with Crippen molar-refractivity contribution in [1.29, 1.82) is 0 Å². The van der Waals surface area contributed by atoms with Gasteiger partial charge < -0.3 is 5.32 Å². The lowest BCUT2D eigenvalue weighted by atomic mass is 10.1. The first kappa shape index (κ1) is 14.0. The van der Waals surface area contributed by atoms with Gasteiger partial charge in [0.1, 0.15) is 0 Å². The van der Waals surface area contributed by atoms with E-state index in [0.29, 0.717) is 6.04 Å². The Morgan fingerprint density at radius 1 is 1.25 bits per heavy atom. The second-order valence-corrected chi connectivity index (χ2v) is 5.73. The topological polar surface area (TPSA) is 15.3 Å². The highest BCUT2D eigenvalue weighted by atomic mass is 15.2. The smallest absolute Gasteiger partial charge is 0.0195 e. The van der Waals surface area contributed by atoms with Gasteiger partial charge in [0.15, 0.2) is 0 Å². The van der Waals surface area contributed by atoms with Crippen molar-refractivity contribution in [3.63, 3.8) is 0 Å². The van der Waals surface area contributed by atoms with E-state index in [2.05, 4.69) is 37.9 Å². The Balaban J connectivity index is 2.21. The summed E-state index contributed by atoms with van der Waals surface area (Å²) in [4.78, 5) is 2.71. The summed E-state index contributed by atoms with van der Waals surface area (Å²) in [6.07, 6.45) is 5.44. The Labute approximate surface area is 102 Å². The highest BCUT2D eigenvalue weighted by molar-refractivity contribution is 4.88. The molecule has 1 fully saturated rings. The molecule has 2 heteroatoms. The van der Waals surface area contributed by atoms with E-state index in [4.69, 9.17) is 0 Å². The fraction of sp³-hybridized carbons (Fsp3) is 1.00. The van der Waals surface area contributed by atoms with E-state index >= 15 is 0 Å². The van der Waals surface area contributed by atoms with Gasteiger partial charge in [-0.05, 0) is 38.6 Å². The second kappa shape index (κ2) is 7.29. The van der Waals surface area contributed by atoms with Crippen molar-refractivity contribution in [2.45, 2.75) is 65.5 Å². The molecule has 0 saturated heterocycles. The predicted molar refractivity (Wildman–Crippen MR) is 71.8 cm³/mol. The molecule has 0 aromatic rings. The molecule has 1 saturated carbocycles. The molecule has 0 aliphatic heterocycles. The molecule has 96 valence electrons. The fourth-order valence-electron chi connectivity index (χ4n) is 2.25. The van der Waals surface area contributed by atoms with Crippen molar-refractivity contribution >= 4 is 0 Å². The van der Waals surface area contributed by atoms with E-state index in [-0.39, 0.29) is 0 Å². The van der Waals surface area contributed by atoms with Crippen molar-refractivity contribution in [2.24, 2.45) is 5.92 Å². The standard InChI is InChI=1S/C14H30N2/c1-5-6-9-15-10-13(4)16(11-12(2)3)14-7-8-14/h12-15H,5-11H2,1-4H3. The van der Waals surface area contributed by atoms with Gasteiger partial charge in [-0.15, -0.1) is 0 Å². The molecule has 1 aliphatic rings. The summed E-state index contributed by atoms with van der Waals surface area (Å²) in [5.74, 6) is 0.790. The molecule has 0 amide bonds. The predicted octanol–water partition coefficient (Wildman–Crippen LogP) is 2.89. The van der Waals surface area contributed by atoms with E-state index < -0.39 is 0 Å². The molecule has 1 aliphatic carbocycles. The fourth-order valence-corrected chi connectivity index (χ4v) is 2.25. The van der Waals surface area contributed by atoms with Crippen LogP contribution < -0.4 is 5.32 Å².